The number of carboxylic acid groups (broad SMARTS) is 1. The monoisotopic (exact) mass is 241 g/mol. The number of aromatic carboxylic acids is 1. The molecule has 0 aliphatic carbocycles. The minimum absolute atomic E-state index is 0.0178. The van der Waals surface area contributed by atoms with Gasteiger partial charge in [-0.2, -0.15) is 0 Å². The molecule has 0 aliphatic heterocycles. The molecule has 1 rings (SSSR count). The van der Waals surface area contributed by atoms with Crippen LogP contribution in [-0.2, 0) is 4.79 Å². The molecule has 4 nitrogen and oxygen atoms in total. The summed E-state index contributed by atoms with van der Waals surface area (Å²) >= 11 is 5.76. The Balaban J connectivity index is 2.90. The summed E-state index contributed by atoms with van der Waals surface area (Å²) in [4.78, 5) is 22.1. The lowest BCUT2D eigenvalue weighted by atomic mass is 10.1. The molecule has 0 saturated heterocycles. The largest absolute Gasteiger partial charge is 0.478 e. The van der Waals surface area contributed by atoms with Gasteiger partial charge in [-0.1, -0.05) is 25.4 Å². The number of nitrogens with one attached hydrogen (secondary N) is 1. The van der Waals surface area contributed by atoms with Gasteiger partial charge in [0.05, 0.1) is 10.6 Å². The SMILES string of the molecule is CC(C)C(=O)Nc1ccc(C(=O)O)c(Cl)c1. The van der Waals surface area contributed by atoms with Gasteiger partial charge in [0, 0.05) is 11.6 Å². The highest BCUT2D eigenvalue weighted by molar-refractivity contribution is 6.33. The van der Waals surface area contributed by atoms with E-state index in [4.69, 9.17) is 16.7 Å². The van der Waals surface area contributed by atoms with Crippen LogP contribution in [0.4, 0.5) is 5.69 Å². The molecular formula is C11H12ClNO3. The van der Waals surface area contributed by atoms with Crippen LogP contribution in [-0.4, -0.2) is 17.0 Å². The molecule has 16 heavy (non-hydrogen) atoms. The van der Waals surface area contributed by atoms with Crippen LogP contribution >= 0.6 is 11.6 Å². The van der Waals surface area contributed by atoms with Crippen molar-refractivity contribution < 1.29 is 14.7 Å². The van der Waals surface area contributed by atoms with Crippen molar-refractivity contribution in [3.63, 3.8) is 0 Å². The van der Waals surface area contributed by atoms with Crippen molar-refractivity contribution in [1.82, 2.24) is 0 Å². The number of amides is 1. The summed E-state index contributed by atoms with van der Waals surface area (Å²) in [6, 6.07) is 4.29. The van der Waals surface area contributed by atoms with E-state index in [-0.39, 0.29) is 22.4 Å². The zero-order chi connectivity index (χ0) is 12.3. The molecular weight excluding hydrogens is 230 g/mol. The molecule has 0 radical (unpaired) electrons. The third-order valence-corrected chi connectivity index (χ3v) is 2.30. The topological polar surface area (TPSA) is 66.4 Å². The van der Waals surface area contributed by atoms with E-state index in [1.54, 1.807) is 13.8 Å². The second-order valence-electron chi connectivity index (χ2n) is 3.64. The molecule has 86 valence electrons. The first kappa shape index (κ1) is 12.5. The molecule has 0 aromatic heterocycles. The molecule has 1 aromatic rings. The average Bonchev–Trinajstić information content (AvgIpc) is 2.16. The van der Waals surface area contributed by atoms with E-state index in [0.717, 1.165) is 0 Å². The van der Waals surface area contributed by atoms with Crippen LogP contribution in [0.25, 0.3) is 0 Å². The smallest absolute Gasteiger partial charge is 0.337 e. The number of carbonyl (C=O) groups is 2. The molecule has 1 aromatic carbocycles. The minimum atomic E-state index is -1.09. The number of halogens is 1. The first-order chi connectivity index (χ1) is 7.41. The zero-order valence-electron chi connectivity index (χ0n) is 8.95. The number of rotatable bonds is 3. The maximum absolute atomic E-state index is 11.4. The lowest BCUT2D eigenvalue weighted by Crippen LogP contribution is -2.17. The Kier molecular flexibility index (Phi) is 3.90. The molecule has 2 N–H and O–H groups in total. The predicted octanol–water partition coefficient (Wildman–Crippen LogP) is 2.63. The molecule has 0 heterocycles. The number of carbonyl (C=O) groups excluding carboxylic acids is 1. The Morgan fingerprint density at radius 2 is 2.00 bits per heavy atom. The average molecular weight is 242 g/mol. The van der Waals surface area contributed by atoms with Crippen LogP contribution in [0.3, 0.4) is 0 Å². The van der Waals surface area contributed by atoms with Crippen molar-refractivity contribution in [3.8, 4) is 0 Å². The lowest BCUT2D eigenvalue weighted by molar-refractivity contribution is -0.118. The van der Waals surface area contributed by atoms with Gasteiger partial charge in [0.2, 0.25) is 5.91 Å². The van der Waals surface area contributed by atoms with Crippen LogP contribution in [0.15, 0.2) is 18.2 Å². The van der Waals surface area contributed by atoms with E-state index in [9.17, 15) is 9.59 Å². The fraction of sp³-hybridized carbons (Fsp3) is 0.273. The fourth-order valence-corrected chi connectivity index (χ4v) is 1.31. The van der Waals surface area contributed by atoms with Gasteiger partial charge in [-0.05, 0) is 18.2 Å². The van der Waals surface area contributed by atoms with E-state index in [0.29, 0.717) is 5.69 Å². The van der Waals surface area contributed by atoms with Crippen molar-refractivity contribution in [2.45, 2.75) is 13.8 Å². The van der Waals surface area contributed by atoms with Crippen molar-refractivity contribution in [3.05, 3.63) is 28.8 Å². The molecule has 0 unspecified atom stereocenters. The minimum Gasteiger partial charge on any atom is -0.478 e. The highest BCUT2D eigenvalue weighted by Crippen LogP contribution is 2.21. The van der Waals surface area contributed by atoms with E-state index in [1.165, 1.54) is 18.2 Å². The molecule has 5 heteroatoms. The Hall–Kier alpha value is -1.55. The summed E-state index contributed by atoms with van der Waals surface area (Å²) in [6.07, 6.45) is 0. The van der Waals surface area contributed by atoms with Crippen LogP contribution in [0.1, 0.15) is 24.2 Å². The van der Waals surface area contributed by atoms with Crippen molar-refractivity contribution in [2.24, 2.45) is 5.92 Å². The first-order valence-corrected chi connectivity index (χ1v) is 5.13. The third kappa shape index (κ3) is 2.97. The van der Waals surface area contributed by atoms with Crippen LogP contribution in [0, 0.1) is 5.92 Å². The van der Waals surface area contributed by atoms with Gasteiger partial charge in [-0.15, -0.1) is 0 Å². The zero-order valence-corrected chi connectivity index (χ0v) is 9.71. The summed E-state index contributed by atoms with van der Waals surface area (Å²) in [5.74, 6) is -1.37. The highest BCUT2D eigenvalue weighted by atomic mass is 35.5. The lowest BCUT2D eigenvalue weighted by Gasteiger charge is -2.08. The van der Waals surface area contributed by atoms with Gasteiger partial charge in [0.15, 0.2) is 0 Å². The van der Waals surface area contributed by atoms with E-state index in [1.807, 2.05) is 0 Å². The molecule has 0 bridgehead atoms. The van der Waals surface area contributed by atoms with Crippen LogP contribution < -0.4 is 5.32 Å². The van der Waals surface area contributed by atoms with Crippen LogP contribution in [0.5, 0.6) is 0 Å². The summed E-state index contributed by atoms with van der Waals surface area (Å²) in [6.45, 7) is 3.53. The number of anilines is 1. The number of carboxylic acids is 1. The number of hydrogen-bond donors (Lipinski definition) is 2. The molecule has 0 aliphatic rings. The summed E-state index contributed by atoms with van der Waals surface area (Å²) < 4.78 is 0. The van der Waals surface area contributed by atoms with Crippen LogP contribution in [0.2, 0.25) is 5.02 Å². The molecule has 1 amide bonds. The van der Waals surface area contributed by atoms with Gasteiger partial charge in [0.25, 0.3) is 0 Å². The summed E-state index contributed by atoms with van der Waals surface area (Å²) in [7, 11) is 0. The number of benzene rings is 1. The second kappa shape index (κ2) is 4.99. The normalized spacial score (nSPS) is 10.2. The summed E-state index contributed by atoms with van der Waals surface area (Å²) in [5.41, 5.74) is 0.512. The molecule has 0 spiro atoms. The Labute approximate surface area is 98.2 Å². The maximum Gasteiger partial charge on any atom is 0.337 e. The quantitative estimate of drug-likeness (QED) is 0.855. The number of hydrogen-bond acceptors (Lipinski definition) is 2. The Morgan fingerprint density at radius 3 is 2.44 bits per heavy atom. The Bertz CT molecular complexity index is 429. The highest BCUT2D eigenvalue weighted by Gasteiger charge is 2.11. The first-order valence-electron chi connectivity index (χ1n) is 4.75. The van der Waals surface area contributed by atoms with Crippen molar-refractivity contribution in [2.75, 3.05) is 5.32 Å². The standard InChI is InChI=1S/C11H12ClNO3/c1-6(2)10(14)13-7-3-4-8(11(15)16)9(12)5-7/h3-6H,1-2H3,(H,13,14)(H,15,16). The van der Waals surface area contributed by atoms with Gasteiger partial charge in [0.1, 0.15) is 0 Å². The second-order valence-corrected chi connectivity index (χ2v) is 4.05. The van der Waals surface area contributed by atoms with Crippen molar-refractivity contribution in [1.29, 1.82) is 0 Å². The van der Waals surface area contributed by atoms with Gasteiger partial charge >= 0.3 is 5.97 Å². The predicted molar refractivity (Wildman–Crippen MR) is 61.9 cm³/mol. The molecule has 0 fully saturated rings. The summed E-state index contributed by atoms with van der Waals surface area (Å²) in [5, 5.41) is 11.5. The van der Waals surface area contributed by atoms with Crippen molar-refractivity contribution >= 4 is 29.2 Å². The Morgan fingerprint density at radius 1 is 1.38 bits per heavy atom. The fourth-order valence-electron chi connectivity index (χ4n) is 1.05. The molecule has 0 atom stereocenters. The maximum atomic E-state index is 11.4. The van der Waals surface area contributed by atoms with Gasteiger partial charge in [-0.3, -0.25) is 4.79 Å². The van der Waals surface area contributed by atoms with E-state index < -0.39 is 5.97 Å². The molecule has 0 saturated carbocycles. The van der Waals surface area contributed by atoms with Gasteiger partial charge < -0.3 is 10.4 Å². The van der Waals surface area contributed by atoms with Gasteiger partial charge in [-0.25, -0.2) is 4.79 Å². The van der Waals surface area contributed by atoms with E-state index >= 15 is 0 Å². The third-order valence-electron chi connectivity index (χ3n) is 1.99. The van der Waals surface area contributed by atoms with E-state index in [2.05, 4.69) is 5.32 Å².